The number of nitrogens with zero attached hydrogens (tertiary/aromatic N) is 3. The van der Waals surface area contributed by atoms with Crippen molar-refractivity contribution in [3.05, 3.63) is 52.8 Å². The molecular formula is C18H21ClN4O. The average molecular weight is 345 g/mol. The summed E-state index contributed by atoms with van der Waals surface area (Å²) in [6.07, 6.45) is 7.50. The number of benzene rings is 1. The van der Waals surface area contributed by atoms with Gasteiger partial charge >= 0.3 is 0 Å². The second-order valence-corrected chi connectivity index (χ2v) is 6.46. The fraction of sp³-hybridized carbons (Fsp3) is 0.333. The highest BCUT2D eigenvalue weighted by molar-refractivity contribution is 6.31. The zero-order chi connectivity index (χ0) is 17.1. The van der Waals surface area contributed by atoms with Crippen LogP contribution in [0.5, 0.6) is 0 Å². The third-order valence-electron chi connectivity index (χ3n) is 4.41. The van der Waals surface area contributed by atoms with E-state index in [0.717, 1.165) is 47.9 Å². The Balaban J connectivity index is 1.72. The van der Waals surface area contributed by atoms with E-state index in [4.69, 9.17) is 17.3 Å². The van der Waals surface area contributed by atoms with Gasteiger partial charge in [-0.05, 0) is 36.6 Å². The Morgan fingerprint density at radius 2 is 2.25 bits per heavy atom. The summed E-state index contributed by atoms with van der Waals surface area (Å²) in [5, 5.41) is 5.23. The number of carbonyl (C=O) groups is 1. The summed E-state index contributed by atoms with van der Waals surface area (Å²) >= 11 is 6.20. The van der Waals surface area contributed by atoms with Gasteiger partial charge in [-0.15, -0.1) is 0 Å². The van der Waals surface area contributed by atoms with Crippen LogP contribution in [0.3, 0.4) is 0 Å². The average Bonchev–Trinajstić information content (AvgIpc) is 3.05. The second kappa shape index (κ2) is 7.20. The third-order valence-corrected chi connectivity index (χ3v) is 4.82. The first-order chi connectivity index (χ1) is 11.5. The van der Waals surface area contributed by atoms with E-state index >= 15 is 0 Å². The summed E-state index contributed by atoms with van der Waals surface area (Å²) in [5.41, 5.74) is 9.64. The fourth-order valence-corrected chi connectivity index (χ4v) is 3.08. The summed E-state index contributed by atoms with van der Waals surface area (Å²) in [6, 6.07) is 5.83. The molecule has 1 amide bonds. The molecule has 2 aromatic rings. The lowest BCUT2D eigenvalue weighted by Crippen LogP contribution is -2.31. The molecule has 5 nitrogen and oxygen atoms in total. The Morgan fingerprint density at radius 1 is 1.42 bits per heavy atom. The first-order valence-electron chi connectivity index (χ1n) is 8.05. The van der Waals surface area contributed by atoms with Crippen molar-refractivity contribution in [1.82, 2.24) is 14.7 Å². The van der Waals surface area contributed by atoms with Crippen LogP contribution in [0.1, 0.15) is 24.0 Å². The number of carbonyl (C=O) groups excluding carboxylic acids is 1. The third kappa shape index (κ3) is 3.68. The van der Waals surface area contributed by atoms with Gasteiger partial charge < -0.3 is 5.73 Å². The number of amides is 1. The summed E-state index contributed by atoms with van der Waals surface area (Å²) in [5.74, 6) is -0.247. The number of halogens is 1. The molecule has 0 aliphatic carbocycles. The van der Waals surface area contributed by atoms with Gasteiger partial charge in [-0.1, -0.05) is 23.7 Å². The number of primary amides is 1. The quantitative estimate of drug-likeness (QED) is 0.907. The number of aromatic nitrogens is 2. The normalized spacial score (nSPS) is 15.3. The SMILES string of the molecule is Cc1c(Cl)cccc1-n1cc(C2=CCN(CCC(N)=O)CC2)cn1. The van der Waals surface area contributed by atoms with E-state index in [1.165, 1.54) is 5.57 Å². The molecule has 0 bridgehead atoms. The van der Waals surface area contributed by atoms with Crippen molar-refractivity contribution < 1.29 is 4.79 Å². The summed E-state index contributed by atoms with van der Waals surface area (Å²) < 4.78 is 1.87. The minimum absolute atomic E-state index is 0.247. The van der Waals surface area contributed by atoms with Gasteiger partial charge in [0.1, 0.15) is 0 Å². The van der Waals surface area contributed by atoms with Crippen LogP contribution < -0.4 is 5.73 Å². The Labute approximate surface area is 146 Å². The zero-order valence-corrected chi connectivity index (χ0v) is 14.5. The molecule has 1 aliphatic rings. The van der Waals surface area contributed by atoms with Gasteiger partial charge in [-0.2, -0.15) is 5.10 Å². The molecule has 0 radical (unpaired) electrons. The Kier molecular flexibility index (Phi) is 5.02. The van der Waals surface area contributed by atoms with Crippen molar-refractivity contribution >= 4 is 23.1 Å². The summed E-state index contributed by atoms with van der Waals surface area (Å²) in [7, 11) is 0. The maximum Gasteiger partial charge on any atom is 0.218 e. The molecule has 0 atom stereocenters. The van der Waals surface area contributed by atoms with Crippen LogP contribution >= 0.6 is 11.6 Å². The second-order valence-electron chi connectivity index (χ2n) is 6.05. The van der Waals surface area contributed by atoms with Crippen molar-refractivity contribution in [2.75, 3.05) is 19.6 Å². The van der Waals surface area contributed by atoms with Gasteiger partial charge in [0, 0.05) is 42.8 Å². The lowest BCUT2D eigenvalue weighted by molar-refractivity contribution is -0.118. The van der Waals surface area contributed by atoms with Crippen LogP contribution in [0.4, 0.5) is 0 Å². The largest absolute Gasteiger partial charge is 0.370 e. The Hall–Kier alpha value is -2.11. The molecule has 1 aromatic heterocycles. The van der Waals surface area contributed by atoms with E-state index in [1.54, 1.807) is 0 Å². The molecule has 24 heavy (non-hydrogen) atoms. The lowest BCUT2D eigenvalue weighted by Gasteiger charge is -2.25. The maximum atomic E-state index is 10.9. The van der Waals surface area contributed by atoms with Crippen LogP contribution in [0.15, 0.2) is 36.7 Å². The molecule has 1 aromatic carbocycles. The van der Waals surface area contributed by atoms with Crippen molar-refractivity contribution in [3.63, 3.8) is 0 Å². The predicted octanol–water partition coefficient (Wildman–Crippen LogP) is 2.80. The first kappa shape index (κ1) is 16.7. The van der Waals surface area contributed by atoms with Crippen LogP contribution in [-0.2, 0) is 4.79 Å². The van der Waals surface area contributed by atoms with Gasteiger partial charge in [0.05, 0.1) is 11.9 Å². The molecule has 0 saturated carbocycles. The Bertz CT molecular complexity index is 781. The minimum atomic E-state index is -0.247. The molecular weight excluding hydrogens is 324 g/mol. The van der Waals surface area contributed by atoms with Crippen molar-refractivity contribution in [2.45, 2.75) is 19.8 Å². The molecule has 0 unspecified atom stereocenters. The maximum absolute atomic E-state index is 10.9. The fourth-order valence-electron chi connectivity index (χ4n) is 2.91. The molecule has 0 fully saturated rings. The number of hydrogen-bond acceptors (Lipinski definition) is 3. The number of rotatable bonds is 5. The van der Waals surface area contributed by atoms with Gasteiger partial charge in [-0.3, -0.25) is 9.69 Å². The standard InChI is InChI=1S/C18H21ClN4O/c1-13-16(19)3-2-4-17(13)23-12-15(11-21-23)14-5-8-22(9-6-14)10-7-18(20)24/h2-5,11-12H,6-10H2,1H3,(H2,20,24). The van der Waals surface area contributed by atoms with E-state index in [9.17, 15) is 4.79 Å². The molecule has 0 saturated heterocycles. The van der Waals surface area contributed by atoms with E-state index in [0.29, 0.717) is 6.42 Å². The van der Waals surface area contributed by atoms with E-state index < -0.39 is 0 Å². The topological polar surface area (TPSA) is 64.2 Å². The number of hydrogen-bond donors (Lipinski definition) is 1. The van der Waals surface area contributed by atoms with Gasteiger partial charge in [0.2, 0.25) is 5.91 Å². The molecule has 126 valence electrons. The van der Waals surface area contributed by atoms with Crippen LogP contribution in [0.25, 0.3) is 11.3 Å². The highest BCUT2D eigenvalue weighted by atomic mass is 35.5. The van der Waals surface area contributed by atoms with Crippen LogP contribution in [0.2, 0.25) is 5.02 Å². The van der Waals surface area contributed by atoms with Crippen molar-refractivity contribution in [3.8, 4) is 5.69 Å². The summed E-state index contributed by atoms with van der Waals surface area (Å²) in [6.45, 7) is 4.49. The molecule has 2 N–H and O–H groups in total. The molecule has 1 aliphatic heterocycles. The molecule has 2 heterocycles. The van der Waals surface area contributed by atoms with Crippen molar-refractivity contribution in [2.24, 2.45) is 5.73 Å². The van der Waals surface area contributed by atoms with Gasteiger partial charge in [0.25, 0.3) is 0 Å². The van der Waals surface area contributed by atoms with E-state index in [1.807, 2.05) is 42.2 Å². The van der Waals surface area contributed by atoms with E-state index in [2.05, 4.69) is 16.1 Å². The molecule has 6 heteroatoms. The molecule has 3 rings (SSSR count). The monoisotopic (exact) mass is 344 g/mol. The predicted molar refractivity (Wildman–Crippen MR) is 96.2 cm³/mol. The lowest BCUT2D eigenvalue weighted by atomic mass is 10.0. The smallest absolute Gasteiger partial charge is 0.218 e. The van der Waals surface area contributed by atoms with Gasteiger partial charge in [0.15, 0.2) is 0 Å². The highest BCUT2D eigenvalue weighted by Gasteiger charge is 2.15. The van der Waals surface area contributed by atoms with Crippen LogP contribution in [0, 0.1) is 6.92 Å². The number of nitrogens with two attached hydrogens (primary N) is 1. The minimum Gasteiger partial charge on any atom is -0.370 e. The van der Waals surface area contributed by atoms with Crippen molar-refractivity contribution in [1.29, 1.82) is 0 Å². The van der Waals surface area contributed by atoms with Gasteiger partial charge in [-0.25, -0.2) is 4.68 Å². The summed E-state index contributed by atoms with van der Waals surface area (Å²) in [4.78, 5) is 13.1. The zero-order valence-electron chi connectivity index (χ0n) is 13.7. The first-order valence-corrected chi connectivity index (χ1v) is 8.42. The molecule has 0 spiro atoms. The van der Waals surface area contributed by atoms with E-state index in [-0.39, 0.29) is 5.91 Å². The van der Waals surface area contributed by atoms with Crippen LogP contribution in [-0.4, -0.2) is 40.2 Å². The highest BCUT2D eigenvalue weighted by Crippen LogP contribution is 2.25. The Morgan fingerprint density at radius 3 is 2.96 bits per heavy atom.